The highest BCUT2D eigenvalue weighted by Gasteiger charge is 2.22. The van der Waals surface area contributed by atoms with Crippen LogP contribution in [0.25, 0.3) is 16.9 Å². The second kappa shape index (κ2) is 9.62. The molecule has 0 bridgehead atoms. The van der Waals surface area contributed by atoms with Gasteiger partial charge in [-0.1, -0.05) is 34.1 Å². The lowest BCUT2D eigenvalue weighted by atomic mass is 10.1. The average molecular weight is 496 g/mol. The molecule has 1 atom stereocenters. The van der Waals surface area contributed by atoms with Gasteiger partial charge in [-0.2, -0.15) is 11.8 Å². The first kappa shape index (κ1) is 21.5. The molecule has 0 saturated carbocycles. The molecule has 0 aliphatic rings. The molecule has 4 rings (SSSR count). The summed E-state index contributed by atoms with van der Waals surface area (Å²) in [7, 11) is 0. The number of carbonyl (C=O) groups excluding carboxylic acids is 1. The first-order chi connectivity index (χ1) is 15.1. The number of benzene rings is 1. The fraction of sp³-hybridized carbons (Fsp3) is 0.217. The van der Waals surface area contributed by atoms with Gasteiger partial charge in [0, 0.05) is 16.2 Å². The van der Waals surface area contributed by atoms with Crippen LogP contribution in [0.4, 0.5) is 0 Å². The van der Waals surface area contributed by atoms with Gasteiger partial charge in [0.2, 0.25) is 0 Å². The molecular formula is C23H22BrN5OS. The number of hydrogen-bond donors (Lipinski definition) is 1. The van der Waals surface area contributed by atoms with Crippen LogP contribution in [0, 0.1) is 6.92 Å². The van der Waals surface area contributed by atoms with Gasteiger partial charge in [-0.15, -0.1) is 10.2 Å². The summed E-state index contributed by atoms with van der Waals surface area (Å²) in [5, 5.41) is 11.7. The summed E-state index contributed by atoms with van der Waals surface area (Å²) >= 11 is 5.23. The van der Waals surface area contributed by atoms with Crippen molar-refractivity contribution in [3.63, 3.8) is 0 Å². The van der Waals surface area contributed by atoms with E-state index in [2.05, 4.69) is 42.7 Å². The summed E-state index contributed by atoms with van der Waals surface area (Å²) < 4.78 is 2.91. The maximum absolute atomic E-state index is 13.1. The Morgan fingerprint density at radius 2 is 2.03 bits per heavy atom. The van der Waals surface area contributed by atoms with Crippen molar-refractivity contribution in [3.05, 3.63) is 82.3 Å². The Labute approximate surface area is 193 Å². The summed E-state index contributed by atoms with van der Waals surface area (Å²) in [4.78, 5) is 17.8. The van der Waals surface area contributed by atoms with Gasteiger partial charge in [-0.3, -0.25) is 14.2 Å². The Morgan fingerprint density at radius 3 is 2.81 bits per heavy atom. The quantitative estimate of drug-likeness (QED) is 0.386. The molecule has 0 saturated heterocycles. The summed E-state index contributed by atoms with van der Waals surface area (Å²) in [5.74, 6) is 1.46. The molecule has 0 spiro atoms. The molecule has 0 aliphatic carbocycles. The highest BCUT2D eigenvalue weighted by Crippen LogP contribution is 2.24. The maximum atomic E-state index is 13.1. The Morgan fingerprint density at radius 1 is 1.16 bits per heavy atom. The fourth-order valence-corrected chi connectivity index (χ4v) is 4.32. The number of hydrogen-bond acceptors (Lipinski definition) is 5. The van der Waals surface area contributed by atoms with E-state index in [1.54, 1.807) is 11.8 Å². The van der Waals surface area contributed by atoms with Gasteiger partial charge < -0.3 is 5.32 Å². The Kier molecular flexibility index (Phi) is 6.67. The molecule has 1 aromatic carbocycles. The van der Waals surface area contributed by atoms with Crippen molar-refractivity contribution in [2.24, 2.45) is 0 Å². The third-order valence-electron chi connectivity index (χ3n) is 5.02. The predicted molar refractivity (Wildman–Crippen MR) is 128 cm³/mol. The molecule has 6 nitrogen and oxygen atoms in total. The topological polar surface area (TPSA) is 72.2 Å². The first-order valence-corrected chi connectivity index (χ1v) is 12.1. The minimum atomic E-state index is -0.249. The number of carbonyl (C=O) groups is 1. The molecule has 158 valence electrons. The molecule has 0 aliphatic heterocycles. The number of nitrogens with one attached hydrogen (secondary N) is 1. The molecule has 31 heavy (non-hydrogen) atoms. The normalized spacial score (nSPS) is 12.1. The van der Waals surface area contributed by atoms with E-state index in [0.717, 1.165) is 39.4 Å². The smallest absolute Gasteiger partial charge is 0.253 e. The van der Waals surface area contributed by atoms with Crippen LogP contribution in [0.1, 0.15) is 34.3 Å². The number of pyridine rings is 2. The van der Waals surface area contributed by atoms with Crippen molar-refractivity contribution >= 4 is 39.2 Å². The fourth-order valence-electron chi connectivity index (χ4n) is 3.44. The van der Waals surface area contributed by atoms with E-state index in [4.69, 9.17) is 0 Å². The summed E-state index contributed by atoms with van der Waals surface area (Å²) in [6.45, 7) is 1.86. The van der Waals surface area contributed by atoms with Crippen LogP contribution < -0.4 is 5.32 Å². The highest BCUT2D eigenvalue weighted by atomic mass is 79.9. The summed E-state index contributed by atoms with van der Waals surface area (Å²) in [5.41, 5.74) is 3.83. The molecular weight excluding hydrogens is 474 g/mol. The zero-order valence-electron chi connectivity index (χ0n) is 17.2. The molecule has 0 fully saturated rings. The molecule has 4 aromatic rings. The maximum Gasteiger partial charge on any atom is 0.253 e. The molecule has 3 heterocycles. The minimum Gasteiger partial charge on any atom is -0.342 e. The second-order valence-electron chi connectivity index (χ2n) is 7.13. The number of halogens is 1. The Hall–Kier alpha value is -2.71. The second-order valence-corrected chi connectivity index (χ2v) is 9.04. The van der Waals surface area contributed by atoms with Gasteiger partial charge in [0.1, 0.15) is 0 Å². The average Bonchev–Trinajstić information content (AvgIpc) is 3.20. The molecule has 8 heteroatoms. The van der Waals surface area contributed by atoms with Crippen molar-refractivity contribution in [1.29, 1.82) is 0 Å². The number of nitrogens with zero attached hydrogens (tertiary/aromatic N) is 4. The summed E-state index contributed by atoms with van der Waals surface area (Å²) in [6.07, 6.45) is 4.73. The molecule has 1 N–H and O–H groups in total. The van der Waals surface area contributed by atoms with E-state index in [1.165, 1.54) is 0 Å². The van der Waals surface area contributed by atoms with Gasteiger partial charge in [0.05, 0.1) is 23.0 Å². The zero-order chi connectivity index (χ0) is 21.8. The monoisotopic (exact) mass is 495 g/mol. The van der Waals surface area contributed by atoms with E-state index in [0.29, 0.717) is 11.3 Å². The van der Waals surface area contributed by atoms with E-state index in [1.807, 2.05) is 72.1 Å². The Bertz CT molecular complexity index is 1230. The van der Waals surface area contributed by atoms with Gasteiger partial charge >= 0.3 is 0 Å². The van der Waals surface area contributed by atoms with E-state index in [-0.39, 0.29) is 11.9 Å². The molecule has 1 amide bonds. The third-order valence-corrected chi connectivity index (χ3v) is 6.16. The number of amides is 1. The van der Waals surface area contributed by atoms with Crippen molar-refractivity contribution < 1.29 is 4.79 Å². The zero-order valence-corrected chi connectivity index (χ0v) is 19.7. The highest BCUT2D eigenvalue weighted by molar-refractivity contribution is 9.10. The van der Waals surface area contributed by atoms with Gasteiger partial charge in [0.25, 0.3) is 5.91 Å². The van der Waals surface area contributed by atoms with Crippen LogP contribution in [0.5, 0.6) is 0 Å². The number of aryl methyl sites for hydroxylation is 1. The molecule has 3 aromatic heterocycles. The van der Waals surface area contributed by atoms with Crippen LogP contribution in [-0.2, 0) is 0 Å². The molecule has 1 unspecified atom stereocenters. The number of rotatable bonds is 7. The lowest BCUT2D eigenvalue weighted by molar-refractivity contribution is 0.0932. The van der Waals surface area contributed by atoms with E-state index >= 15 is 0 Å². The third kappa shape index (κ3) is 4.80. The minimum absolute atomic E-state index is 0.162. The Balaban J connectivity index is 1.60. The van der Waals surface area contributed by atoms with Crippen LogP contribution in [-0.4, -0.2) is 37.5 Å². The first-order valence-electron chi connectivity index (χ1n) is 9.90. The lowest BCUT2D eigenvalue weighted by Crippen LogP contribution is -2.31. The van der Waals surface area contributed by atoms with E-state index in [9.17, 15) is 4.79 Å². The molecule has 0 radical (unpaired) electrons. The summed E-state index contributed by atoms with van der Waals surface area (Å²) in [6, 6.07) is 17.2. The van der Waals surface area contributed by atoms with E-state index < -0.39 is 0 Å². The predicted octanol–water partition coefficient (Wildman–Crippen LogP) is 5.09. The van der Waals surface area contributed by atoms with Crippen molar-refractivity contribution in [1.82, 2.24) is 24.9 Å². The van der Waals surface area contributed by atoms with Crippen molar-refractivity contribution in [3.8, 4) is 11.3 Å². The van der Waals surface area contributed by atoms with Gasteiger partial charge in [-0.05, 0) is 61.8 Å². The SMILES string of the molecule is CSCCC(NC(=O)c1ccc(-c2cccc(Br)c2)nc1C)c1nnc2ccccn12. The van der Waals surface area contributed by atoms with Crippen LogP contribution in [0.15, 0.2) is 65.3 Å². The largest absolute Gasteiger partial charge is 0.342 e. The van der Waals surface area contributed by atoms with Crippen LogP contribution in [0.3, 0.4) is 0 Å². The lowest BCUT2D eigenvalue weighted by Gasteiger charge is -2.18. The van der Waals surface area contributed by atoms with Gasteiger partial charge in [-0.25, -0.2) is 0 Å². The van der Waals surface area contributed by atoms with Crippen molar-refractivity contribution in [2.45, 2.75) is 19.4 Å². The number of aromatic nitrogens is 4. The standard InChI is InChI=1S/C23H22BrN5OS/c1-15-18(9-10-19(25-15)16-6-5-7-17(24)14-16)23(30)26-20(11-13-31-2)22-28-27-21-8-3-4-12-29(21)22/h3-10,12,14,20H,11,13H2,1-2H3,(H,26,30). The van der Waals surface area contributed by atoms with Gasteiger partial charge in [0.15, 0.2) is 11.5 Å². The number of fused-ring (bicyclic) bond motifs is 1. The van der Waals surface area contributed by atoms with Crippen molar-refractivity contribution in [2.75, 3.05) is 12.0 Å². The van der Waals surface area contributed by atoms with Crippen LogP contribution >= 0.6 is 27.7 Å². The van der Waals surface area contributed by atoms with Crippen LogP contribution in [0.2, 0.25) is 0 Å². The number of thioether (sulfide) groups is 1.